The summed E-state index contributed by atoms with van der Waals surface area (Å²) < 4.78 is 105. The summed E-state index contributed by atoms with van der Waals surface area (Å²) in [5, 5.41) is 7.66. The summed E-state index contributed by atoms with van der Waals surface area (Å²) in [7, 11) is 0. The average Bonchev–Trinajstić information content (AvgIpc) is 3.39. The molecule has 8 heteroatoms. The van der Waals surface area contributed by atoms with Gasteiger partial charge in [0.2, 0.25) is 6.10 Å². The predicted molar refractivity (Wildman–Crippen MR) is 108 cm³/mol. The first-order valence-corrected chi connectivity index (χ1v) is 9.16. The van der Waals surface area contributed by atoms with Crippen molar-refractivity contribution in [1.29, 1.82) is 5.26 Å². The van der Waals surface area contributed by atoms with Crippen molar-refractivity contribution in [3.63, 3.8) is 0 Å². The Morgan fingerprint density at radius 3 is 2.55 bits per heavy atom. The molecule has 2 aromatic rings. The molecule has 0 amide bonds. The third kappa shape index (κ3) is 5.20. The van der Waals surface area contributed by atoms with Crippen LogP contribution in [0.3, 0.4) is 0 Å². The van der Waals surface area contributed by atoms with Crippen molar-refractivity contribution in [3.8, 4) is 17.6 Å². The third-order valence-corrected chi connectivity index (χ3v) is 4.72. The summed E-state index contributed by atoms with van der Waals surface area (Å²) in [5.74, 6) is -6.56. The number of para-hydroxylation sites is 1. The van der Waals surface area contributed by atoms with E-state index in [0.29, 0.717) is 5.75 Å². The number of nitrogens with zero attached hydrogens (tertiary/aromatic N) is 1. The second-order valence-electron chi connectivity index (χ2n) is 6.62. The van der Waals surface area contributed by atoms with Crippen LogP contribution in [0.5, 0.6) is 11.5 Å². The monoisotopic (exact) mass is 456 g/mol. The van der Waals surface area contributed by atoms with E-state index in [1.165, 1.54) is 24.3 Å². The lowest BCUT2D eigenvalue weighted by atomic mass is 10.1. The number of carbonyl (C=O) groups is 1. The number of rotatable bonds is 6. The summed E-state index contributed by atoms with van der Waals surface area (Å²) >= 11 is 5.22. The summed E-state index contributed by atoms with van der Waals surface area (Å²) in [6.07, 6.45) is -7.08. The van der Waals surface area contributed by atoms with Crippen molar-refractivity contribution in [2.45, 2.75) is 26.0 Å². The van der Waals surface area contributed by atoms with Gasteiger partial charge in [-0.25, -0.2) is 0 Å². The number of allylic oxidation sites excluding steroid dienone is 2. The zero-order valence-electron chi connectivity index (χ0n) is 22.6. The molecule has 0 N–H and O–H groups in total. The van der Waals surface area contributed by atoms with Crippen molar-refractivity contribution in [2.24, 2.45) is 17.2 Å². The molecule has 1 aliphatic rings. The minimum Gasteiger partial charge on any atom is -0.457 e. The second-order valence-corrected chi connectivity index (χ2v) is 7.03. The normalized spacial score (nSPS) is 27.5. The zero-order valence-corrected chi connectivity index (χ0v) is 16.4. The molecule has 2 aromatic carbocycles. The van der Waals surface area contributed by atoms with Crippen molar-refractivity contribution in [1.82, 2.24) is 0 Å². The molecular weight excluding hydrogens is 431 g/mol. The molecule has 0 heterocycles. The number of carbonyl (C=O) groups excluding carboxylic acids is 1. The maximum atomic E-state index is 13.1. The van der Waals surface area contributed by atoms with Gasteiger partial charge in [-0.2, -0.15) is 18.4 Å². The fraction of sp³-hybridized carbons (Fsp3) is 0.304. The largest absolute Gasteiger partial charge is 0.457 e. The molecule has 3 rings (SSSR count). The van der Waals surface area contributed by atoms with Crippen LogP contribution in [0.2, 0.25) is 0 Å². The number of esters is 1. The van der Waals surface area contributed by atoms with E-state index in [4.69, 9.17) is 30.7 Å². The fourth-order valence-corrected chi connectivity index (χ4v) is 2.91. The number of hydrogen-bond donors (Lipinski definition) is 0. The van der Waals surface area contributed by atoms with Crippen LogP contribution in [0.25, 0.3) is 0 Å². The van der Waals surface area contributed by atoms with Gasteiger partial charge in [0, 0.05) is 15.2 Å². The second kappa shape index (κ2) is 8.64. The summed E-state index contributed by atoms with van der Waals surface area (Å²) in [6, 6.07) is 15.8. The van der Waals surface area contributed by atoms with Gasteiger partial charge in [-0.05, 0) is 35.6 Å². The molecule has 0 aliphatic heterocycles. The highest BCUT2D eigenvalue weighted by Crippen LogP contribution is 2.60. The highest BCUT2D eigenvalue weighted by Gasteiger charge is 2.62. The van der Waals surface area contributed by atoms with Crippen molar-refractivity contribution in [3.05, 3.63) is 71.3 Å². The van der Waals surface area contributed by atoms with Gasteiger partial charge in [0.1, 0.15) is 22.6 Å². The van der Waals surface area contributed by atoms with E-state index in [1.807, 2.05) is 0 Å². The Bertz CT molecular complexity index is 1260. The van der Waals surface area contributed by atoms with Gasteiger partial charge in [-0.3, -0.25) is 4.79 Å². The molecule has 4 nitrogen and oxygen atoms in total. The van der Waals surface area contributed by atoms with E-state index in [9.17, 15) is 23.2 Å². The van der Waals surface area contributed by atoms with E-state index >= 15 is 0 Å². The average molecular weight is 457 g/mol. The third-order valence-electron chi connectivity index (χ3n) is 4.40. The van der Waals surface area contributed by atoms with Crippen LogP contribution in [-0.2, 0) is 9.53 Å². The summed E-state index contributed by atoms with van der Waals surface area (Å²) in [4.78, 5) is 13.1. The molecule has 0 radical (unpaired) electrons. The Hall–Kier alpha value is -2.98. The maximum Gasteiger partial charge on any atom is 0.426 e. The first kappa shape index (κ1) is 14.9. The number of hydrogen-bond acceptors (Lipinski definition) is 4. The molecule has 1 aliphatic carbocycles. The SMILES string of the molecule is [2H]C([2H])([2H])C1(C([2H])([2H])[2H])[C@H](C(=O)O[C@H](C#N)c2cccc(Oc3ccccc3)c2)[C@]1([2H])/C=C(\Cl)C(F)(F)F. The van der Waals surface area contributed by atoms with Crippen molar-refractivity contribution < 1.29 is 37.0 Å². The molecule has 31 heavy (non-hydrogen) atoms. The first-order valence-electron chi connectivity index (χ1n) is 12.3. The van der Waals surface area contributed by atoms with E-state index in [0.717, 1.165) is 0 Å². The molecule has 162 valence electrons. The number of ether oxygens (including phenoxy) is 2. The Morgan fingerprint density at radius 1 is 1.26 bits per heavy atom. The van der Waals surface area contributed by atoms with Crippen LogP contribution < -0.4 is 4.74 Å². The van der Waals surface area contributed by atoms with Crippen molar-refractivity contribution >= 4 is 17.6 Å². The maximum absolute atomic E-state index is 13.1. The van der Waals surface area contributed by atoms with E-state index in [2.05, 4.69) is 0 Å². The van der Waals surface area contributed by atoms with Gasteiger partial charge in [-0.15, -0.1) is 0 Å². The van der Waals surface area contributed by atoms with Gasteiger partial charge in [-0.1, -0.05) is 61.7 Å². The van der Waals surface area contributed by atoms with E-state index in [-0.39, 0.29) is 17.4 Å². The highest BCUT2D eigenvalue weighted by atomic mass is 35.5. The minimum atomic E-state index is -5.24. The van der Waals surface area contributed by atoms with E-state index in [1.54, 1.807) is 36.4 Å². The van der Waals surface area contributed by atoms with Crippen LogP contribution in [0.1, 0.15) is 35.0 Å². The van der Waals surface area contributed by atoms with E-state index < -0.39 is 54.2 Å². The summed E-state index contributed by atoms with van der Waals surface area (Å²) in [6.45, 7) is -7.23. The first-order chi connectivity index (χ1) is 17.4. The Kier molecular flexibility index (Phi) is 4.16. The summed E-state index contributed by atoms with van der Waals surface area (Å²) in [5.41, 5.74) is -3.24. The number of nitriles is 1. The van der Waals surface area contributed by atoms with Gasteiger partial charge in [0.15, 0.2) is 0 Å². The smallest absolute Gasteiger partial charge is 0.426 e. The highest BCUT2D eigenvalue weighted by molar-refractivity contribution is 6.30. The molecule has 0 spiro atoms. The van der Waals surface area contributed by atoms with Crippen LogP contribution in [-0.4, -0.2) is 12.1 Å². The Labute approximate surface area is 192 Å². The molecule has 1 saturated carbocycles. The zero-order chi connectivity index (χ0) is 28.7. The van der Waals surface area contributed by atoms with Gasteiger partial charge in [0.05, 0.1) is 5.92 Å². The van der Waals surface area contributed by atoms with Crippen LogP contribution in [0.15, 0.2) is 65.7 Å². The molecule has 0 aromatic heterocycles. The molecule has 3 atom stereocenters. The minimum absolute atomic E-state index is 0.0442. The quantitative estimate of drug-likeness (QED) is 0.463. The molecule has 0 saturated heterocycles. The molecule has 0 unspecified atom stereocenters. The fourth-order valence-electron chi connectivity index (χ4n) is 2.79. The topological polar surface area (TPSA) is 59.3 Å². The van der Waals surface area contributed by atoms with Crippen molar-refractivity contribution in [2.75, 3.05) is 0 Å². The lowest BCUT2D eigenvalue weighted by Gasteiger charge is -2.13. The Balaban J connectivity index is 1.99. The van der Waals surface area contributed by atoms with Crippen LogP contribution in [0, 0.1) is 28.6 Å². The standard InChI is InChI=1S/C23H19ClF3NO3/c1-22(2)17(12-19(24)23(25,26)27)20(22)21(29)31-18(13-28)14-7-6-10-16(11-14)30-15-8-4-3-5-9-15/h3-12,17-18,20H,1-2H3/b19-12-/t17-,18+,20-/m0/s1/i1D3,2D3,17D. The van der Waals surface area contributed by atoms with Gasteiger partial charge >= 0.3 is 12.1 Å². The van der Waals surface area contributed by atoms with Gasteiger partial charge in [0.25, 0.3) is 0 Å². The molecule has 0 bridgehead atoms. The molecule has 1 fully saturated rings. The lowest BCUT2D eigenvalue weighted by Crippen LogP contribution is -2.14. The number of alkyl halides is 3. The number of halogens is 4. The molecular formula is C23H19ClF3NO3. The lowest BCUT2D eigenvalue weighted by molar-refractivity contribution is -0.149. The Morgan fingerprint density at radius 2 is 1.94 bits per heavy atom. The number of benzene rings is 2. The van der Waals surface area contributed by atoms with Crippen LogP contribution >= 0.6 is 11.6 Å². The van der Waals surface area contributed by atoms with Crippen LogP contribution in [0.4, 0.5) is 13.2 Å². The predicted octanol–water partition coefficient (Wildman–Crippen LogP) is 6.54. The van der Waals surface area contributed by atoms with Gasteiger partial charge < -0.3 is 9.47 Å².